The second-order valence-corrected chi connectivity index (χ2v) is 5.01. The molecule has 0 atom stereocenters. The highest BCUT2D eigenvalue weighted by Crippen LogP contribution is 2.46. The van der Waals surface area contributed by atoms with E-state index in [2.05, 4.69) is 41.4 Å². The van der Waals surface area contributed by atoms with Gasteiger partial charge in [-0.3, -0.25) is 0 Å². The highest BCUT2D eigenvalue weighted by molar-refractivity contribution is 5.80. The molecule has 0 saturated heterocycles. The maximum absolute atomic E-state index is 10.5. The van der Waals surface area contributed by atoms with Crippen LogP contribution in [0, 0.1) is 0 Å². The lowest BCUT2D eigenvalue weighted by molar-refractivity contribution is 0.249. The van der Waals surface area contributed by atoms with Crippen LogP contribution in [0.2, 0.25) is 0 Å². The van der Waals surface area contributed by atoms with E-state index in [4.69, 9.17) is 5.73 Å². The number of hydrogen-bond donors (Lipinski definition) is 2. The Morgan fingerprint density at radius 2 is 2.11 bits per heavy atom. The minimum Gasteiger partial charge on any atom is -0.350 e. The summed E-state index contributed by atoms with van der Waals surface area (Å²) in [6, 6.07) is 7.62. The molecule has 2 rings (SSSR count). The van der Waals surface area contributed by atoms with Crippen LogP contribution in [-0.2, 0) is 5.41 Å². The molecule has 0 aliphatic carbocycles. The van der Waals surface area contributed by atoms with Crippen molar-refractivity contribution in [3.63, 3.8) is 0 Å². The minimum atomic E-state index is -0.669. The van der Waals surface area contributed by atoms with Crippen molar-refractivity contribution in [1.82, 2.24) is 5.43 Å². The van der Waals surface area contributed by atoms with E-state index in [1.54, 1.807) is 6.21 Å². The van der Waals surface area contributed by atoms with Gasteiger partial charge in [-0.05, 0) is 17.7 Å². The molecule has 0 spiro atoms. The predicted octanol–water partition coefficient (Wildman–Crippen LogP) is 1.95. The molecule has 1 aliphatic rings. The van der Waals surface area contributed by atoms with Crippen molar-refractivity contribution in [3.8, 4) is 0 Å². The molecular formula is C14H18N4O. The lowest BCUT2D eigenvalue weighted by Crippen LogP contribution is -2.25. The van der Waals surface area contributed by atoms with E-state index >= 15 is 0 Å². The number of nitrogens with two attached hydrogens (primary N) is 1. The Bertz CT molecular complexity index is 560. The van der Waals surface area contributed by atoms with Gasteiger partial charge >= 0.3 is 6.03 Å². The summed E-state index contributed by atoms with van der Waals surface area (Å²) in [5.74, 6) is 0. The van der Waals surface area contributed by atoms with Crippen molar-refractivity contribution in [2.75, 3.05) is 11.9 Å². The molecule has 0 fully saturated rings. The Morgan fingerprint density at radius 1 is 1.42 bits per heavy atom. The van der Waals surface area contributed by atoms with Crippen LogP contribution in [0.1, 0.15) is 19.4 Å². The van der Waals surface area contributed by atoms with Gasteiger partial charge in [-0.25, -0.2) is 10.2 Å². The zero-order valence-electron chi connectivity index (χ0n) is 11.3. The topological polar surface area (TPSA) is 70.7 Å². The second kappa shape index (κ2) is 4.76. The first kappa shape index (κ1) is 13.1. The number of anilines is 1. The smallest absolute Gasteiger partial charge is 0.332 e. The number of hydrazone groups is 1. The number of amides is 2. The zero-order valence-corrected chi connectivity index (χ0v) is 11.3. The molecule has 5 heteroatoms. The molecule has 1 heterocycles. The van der Waals surface area contributed by atoms with Crippen molar-refractivity contribution >= 4 is 17.9 Å². The van der Waals surface area contributed by atoms with E-state index < -0.39 is 6.03 Å². The van der Waals surface area contributed by atoms with Crippen LogP contribution in [0.3, 0.4) is 0 Å². The first-order valence-corrected chi connectivity index (χ1v) is 6.07. The summed E-state index contributed by atoms with van der Waals surface area (Å²) < 4.78 is 0. The number of urea groups is 1. The van der Waals surface area contributed by atoms with Crippen LogP contribution < -0.4 is 16.1 Å². The quantitative estimate of drug-likeness (QED) is 0.628. The molecule has 0 aromatic heterocycles. The summed E-state index contributed by atoms with van der Waals surface area (Å²) in [5, 5.41) is 3.74. The molecule has 100 valence electrons. The van der Waals surface area contributed by atoms with E-state index in [0.29, 0.717) is 0 Å². The maximum atomic E-state index is 10.5. The molecule has 2 amide bonds. The molecule has 0 radical (unpaired) electrons. The fraction of sp³-hybridized carbons (Fsp3) is 0.286. The monoisotopic (exact) mass is 258 g/mol. The number of carbonyl (C=O) groups excluding carboxylic acids is 1. The van der Waals surface area contributed by atoms with E-state index in [1.165, 1.54) is 11.3 Å². The Hall–Kier alpha value is -2.30. The number of para-hydroxylation sites is 1. The molecule has 0 unspecified atom stereocenters. The maximum Gasteiger partial charge on any atom is 0.332 e. The third-order valence-corrected chi connectivity index (χ3v) is 3.42. The van der Waals surface area contributed by atoms with Crippen molar-refractivity contribution in [1.29, 1.82) is 0 Å². The van der Waals surface area contributed by atoms with Crippen molar-refractivity contribution in [2.45, 2.75) is 19.3 Å². The molecule has 19 heavy (non-hydrogen) atoms. The Balaban J connectivity index is 2.31. The van der Waals surface area contributed by atoms with Gasteiger partial charge in [-0.1, -0.05) is 32.0 Å². The van der Waals surface area contributed by atoms with Crippen LogP contribution in [0.4, 0.5) is 10.5 Å². The van der Waals surface area contributed by atoms with Gasteiger partial charge in [0.2, 0.25) is 0 Å². The van der Waals surface area contributed by atoms with Gasteiger partial charge < -0.3 is 10.6 Å². The minimum absolute atomic E-state index is 0.0932. The predicted molar refractivity (Wildman–Crippen MR) is 77.2 cm³/mol. The van der Waals surface area contributed by atoms with Gasteiger partial charge in [0.1, 0.15) is 0 Å². The first-order chi connectivity index (χ1) is 8.94. The lowest BCUT2D eigenvalue weighted by atomic mass is 9.84. The molecule has 0 bridgehead atoms. The van der Waals surface area contributed by atoms with Crippen molar-refractivity contribution < 1.29 is 4.79 Å². The van der Waals surface area contributed by atoms with Crippen molar-refractivity contribution in [2.24, 2.45) is 10.8 Å². The van der Waals surface area contributed by atoms with Crippen LogP contribution >= 0.6 is 0 Å². The summed E-state index contributed by atoms with van der Waals surface area (Å²) in [4.78, 5) is 12.7. The highest BCUT2D eigenvalue weighted by Gasteiger charge is 2.37. The SMILES string of the molecule is CN1/C(=C/C=N/NC(N)=O)C(C)(C)c2ccccc21. The summed E-state index contributed by atoms with van der Waals surface area (Å²) in [6.07, 6.45) is 3.43. The number of hydrogen-bond acceptors (Lipinski definition) is 3. The normalized spacial score (nSPS) is 18.9. The summed E-state index contributed by atoms with van der Waals surface area (Å²) >= 11 is 0. The number of nitrogens with one attached hydrogen (secondary N) is 1. The highest BCUT2D eigenvalue weighted by atomic mass is 16.2. The average molecular weight is 258 g/mol. The number of rotatable bonds is 2. The van der Waals surface area contributed by atoms with Gasteiger partial charge in [0.05, 0.1) is 0 Å². The third-order valence-electron chi connectivity index (χ3n) is 3.42. The van der Waals surface area contributed by atoms with Gasteiger partial charge in [-0.2, -0.15) is 5.10 Å². The number of carbonyl (C=O) groups is 1. The number of benzene rings is 1. The Morgan fingerprint density at radius 3 is 2.74 bits per heavy atom. The van der Waals surface area contributed by atoms with Crippen LogP contribution in [-0.4, -0.2) is 19.3 Å². The average Bonchev–Trinajstić information content (AvgIpc) is 2.55. The van der Waals surface area contributed by atoms with E-state index in [0.717, 1.165) is 5.70 Å². The first-order valence-electron chi connectivity index (χ1n) is 6.07. The fourth-order valence-corrected chi connectivity index (χ4v) is 2.51. The third kappa shape index (κ3) is 2.31. The van der Waals surface area contributed by atoms with Crippen molar-refractivity contribution in [3.05, 3.63) is 41.6 Å². The molecule has 5 nitrogen and oxygen atoms in total. The van der Waals surface area contributed by atoms with Gasteiger partial charge in [-0.15, -0.1) is 0 Å². The largest absolute Gasteiger partial charge is 0.350 e. The number of nitrogens with zero attached hydrogens (tertiary/aromatic N) is 2. The lowest BCUT2D eigenvalue weighted by Gasteiger charge is -2.23. The number of primary amides is 1. The molecule has 1 aliphatic heterocycles. The van der Waals surface area contributed by atoms with Crippen LogP contribution in [0.25, 0.3) is 0 Å². The summed E-state index contributed by atoms with van der Waals surface area (Å²) in [7, 11) is 2.02. The standard InChI is InChI=1S/C14H18N4O/c1-14(2)10-6-4-5-7-11(10)18(3)12(14)8-9-16-17-13(15)19/h4-9H,1-3H3,(H3,15,17,19)/b12-8+,16-9+. The van der Waals surface area contributed by atoms with Crippen LogP contribution in [0.15, 0.2) is 41.1 Å². The molecule has 1 aromatic carbocycles. The Kier molecular flexibility index (Phi) is 3.29. The summed E-state index contributed by atoms with van der Waals surface area (Å²) in [6.45, 7) is 4.33. The number of fused-ring (bicyclic) bond motifs is 1. The summed E-state index contributed by atoms with van der Waals surface area (Å²) in [5.41, 5.74) is 10.6. The molecule has 1 aromatic rings. The van der Waals surface area contributed by atoms with E-state index in [9.17, 15) is 4.79 Å². The number of allylic oxidation sites excluding steroid dienone is 2. The fourth-order valence-electron chi connectivity index (χ4n) is 2.51. The molecule has 3 N–H and O–H groups in total. The van der Waals surface area contributed by atoms with Gasteiger partial charge in [0.15, 0.2) is 0 Å². The number of likely N-dealkylation sites (N-methyl/N-ethyl adjacent to an activating group) is 1. The van der Waals surface area contributed by atoms with E-state index in [1.807, 2.05) is 25.3 Å². The Labute approximate surface area is 112 Å². The molecule has 0 saturated carbocycles. The molecular weight excluding hydrogens is 240 g/mol. The second-order valence-electron chi connectivity index (χ2n) is 5.01. The van der Waals surface area contributed by atoms with Crippen LogP contribution in [0.5, 0.6) is 0 Å². The van der Waals surface area contributed by atoms with Gasteiger partial charge in [0.25, 0.3) is 0 Å². The van der Waals surface area contributed by atoms with E-state index in [-0.39, 0.29) is 5.41 Å². The van der Waals surface area contributed by atoms with Gasteiger partial charge in [0, 0.05) is 30.1 Å². The zero-order chi connectivity index (χ0) is 14.0.